The molecule has 0 spiro atoms. The molecule has 2 heteroatoms. The van der Waals surface area contributed by atoms with Crippen LogP contribution in [-0.4, -0.2) is 6.26 Å². The van der Waals surface area contributed by atoms with Crippen molar-refractivity contribution in [3.63, 3.8) is 0 Å². The third-order valence-corrected chi connectivity index (χ3v) is 9.43. The maximum Gasteiger partial charge on any atom is 0.0211 e. The third kappa shape index (κ3) is 4.37. The van der Waals surface area contributed by atoms with Crippen molar-refractivity contribution in [2.45, 2.75) is 74.0 Å². The summed E-state index contributed by atoms with van der Waals surface area (Å²) in [6.45, 7) is 4.56. The lowest BCUT2D eigenvalue weighted by Crippen LogP contribution is -2.24. The number of thioether (sulfide) groups is 1. The van der Waals surface area contributed by atoms with Gasteiger partial charge in [-0.1, -0.05) is 75.2 Å². The molecule has 0 heterocycles. The molecule has 0 nitrogen and oxygen atoms in total. The molecule has 6 rings (SSSR count). The molecule has 2 aliphatic carbocycles. The Kier molecular flexibility index (Phi) is 6.99. The maximum atomic E-state index is 4.77. The SMILES string of the molecule is CCCCc1ccc2c(c1)-c1cc(S)ccc1C1c3ccc(SC)cc3-c3cc(CCCC)ccc3C21. The van der Waals surface area contributed by atoms with Gasteiger partial charge in [0.05, 0.1) is 0 Å². The van der Waals surface area contributed by atoms with Crippen LogP contribution in [-0.2, 0) is 12.8 Å². The summed E-state index contributed by atoms with van der Waals surface area (Å²) >= 11 is 6.61. The van der Waals surface area contributed by atoms with E-state index in [-0.39, 0.29) is 0 Å². The minimum Gasteiger partial charge on any atom is -0.143 e. The van der Waals surface area contributed by atoms with E-state index in [0.29, 0.717) is 11.8 Å². The summed E-state index contributed by atoms with van der Waals surface area (Å²) in [5, 5.41) is 0. The fourth-order valence-corrected chi connectivity index (χ4v) is 7.20. The van der Waals surface area contributed by atoms with Gasteiger partial charge >= 0.3 is 0 Å². The molecule has 0 radical (unpaired) electrons. The van der Waals surface area contributed by atoms with Crippen molar-refractivity contribution in [3.8, 4) is 22.3 Å². The van der Waals surface area contributed by atoms with Crippen LogP contribution < -0.4 is 0 Å². The molecular formula is C35H36S2. The lowest BCUT2D eigenvalue weighted by Gasteiger charge is -2.42. The summed E-state index contributed by atoms with van der Waals surface area (Å²) in [5.41, 5.74) is 14.4. The number of benzene rings is 4. The largest absolute Gasteiger partial charge is 0.143 e. The van der Waals surface area contributed by atoms with Crippen LogP contribution in [0.25, 0.3) is 22.3 Å². The molecule has 188 valence electrons. The fourth-order valence-electron chi connectivity index (χ4n) is 6.56. The van der Waals surface area contributed by atoms with E-state index in [0.717, 1.165) is 17.7 Å². The number of thiol groups is 1. The number of aryl methyl sites for hydroxylation is 2. The van der Waals surface area contributed by atoms with E-state index in [9.17, 15) is 0 Å². The van der Waals surface area contributed by atoms with Gasteiger partial charge in [0.2, 0.25) is 0 Å². The molecule has 2 atom stereocenters. The minimum atomic E-state index is 0.317. The Bertz CT molecular complexity index is 1460. The fraction of sp³-hybridized carbons (Fsp3) is 0.314. The van der Waals surface area contributed by atoms with E-state index in [1.165, 1.54) is 86.2 Å². The van der Waals surface area contributed by atoms with E-state index in [4.69, 9.17) is 12.6 Å². The van der Waals surface area contributed by atoms with E-state index in [2.05, 4.69) is 92.9 Å². The molecule has 4 aromatic carbocycles. The van der Waals surface area contributed by atoms with Crippen molar-refractivity contribution in [3.05, 3.63) is 106 Å². The second-order valence-electron chi connectivity index (χ2n) is 10.7. The lowest BCUT2D eigenvalue weighted by molar-refractivity contribution is 0.673. The van der Waals surface area contributed by atoms with Crippen LogP contribution in [0.5, 0.6) is 0 Å². The lowest BCUT2D eigenvalue weighted by atomic mass is 9.61. The van der Waals surface area contributed by atoms with Crippen LogP contribution in [0.1, 0.15) is 84.7 Å². The van der Waals surface area contributed by atoms with Crippen LogP contribution in [0.15, 0.2) is 82.6 Å². The van der Waals surface area contributed by atoms with E-state index in [1.807, 2.05) is 11.8 Å². The molecule has 37 heavy (non-hydrogen) atoms. The first-order valence-electron chi connectivity index (χ1n) is 13.9. The summed E-state index contributed by atoms with van der Waals surface area (Å²) in [7, 11) is 0. The van der Waals surface area contributed by atoms with E-state index >= 15 is 0 Å². The summed E-state index contributed by atoms with van der Waals surface area (Å²) in [5.74, 6) is 0.647. The summed E-state index contributed by atoms with van der Waals surface area (Å²) < 4.78 is 0. The smallest absolute Gasteiger partial charge is 0.0211 e. The zero-order chi connectivity index (χ0) is 25.5. The molecule has 0 saturated heterocycles. The molecule has 0 fully saturated rings. The molecule has 4 aromatic rings. The average molecular weight is 521 g/mol. The highest BCUT2D eigenvalue weighted by molar-refractivity contribution is 7.98. The number of hydrogen-bond acceptors (Lipinski definition) is 2. The molecule has 0 aliphatic heterocycles. The highest BCUT2D eigenvalue weighted by atomic mass is 32.2. The monoisotopic (exact) mass is 520 g/mol. The van der Waals surface area contributed by atoms with Crippen molar-refractivity contribution >= 4 is 24.4 Å². The summed E-state index contributed by atoms with van der Waals surface area (Å²) in [6.07, 6.45) is 9.41. The normalized spacial score (nSPS) is 16.9. The van der Waals surface area contributed by atoms with Gasteiger partial charge in [-0.2, -0.15) is 0 Å². The van der Waals surface area contributed by atoms with Gasteiger partial charge in [-0.3, -0.25) is 0 Å². The minimum absolute atomic E-state index is 0.317. The van der Waals surface area contributed by atoms with Gasteiger partial charge in [-0.05, 0) is 112 Å². The van der Waals surface area contributed by atoms with Gasteiger partial charge in [0.1, 0.15) is 0 Å². The number of hydrogen-bond donors (Lipinski definition) is 1. The van der Waals surface area contributed by atoms with Crippen molar-refractivity contribution in [1.29, 1.82) is 0 Å². The van der Waals surface area contributed by atoms with Crippen LogP contribution in [0, 0.1) is 0 Å². The van der Waals surface area contributed by atoms with E-state index in [1.54, 1.807) is 0 Å². The van der Waals surface area contributed by atoms with Gasteiger partial charge < -0.3 is 0 Å². The molecule has 0 N–H and O–H groups in total. The summed E-state index contributed by atoms with van der Waals surface area (Å²) in [6, 6.07) is 28.7. The maximum absolute atomic E-state index is 4.77. The van der Waals surface area contributed by atoms with Crippen molar-refractivity contribution in [2.75, 3.05) is 6.26 Å². The van der Waals surface area contributed by atoms with Gasteiger partial charge in [-0.25, -0.2) is 0 Å². The van der Waals surface area contributed by atoms with E-state index < -0.39 is 0 Å². The van der Waals surface area contributed by atoms with Crippen LogP contribution in [0.3, 0.4) is 0 Å². The summed E-state index contributed by atoms with van der Waals surface area (Å²) in [4.78, 5) is 2.38. The standard InChI is InChI=1S/C35H36S2/c1-4-6-8-22-10-14-26-30(18-22)32-20-24(36)12-16-28(32)35-29-17-13-25(37-3)21-33(29)31-19-23(9-7-5-2)11-15-27(31)34(26)35/h10-21,34-36H,4-9H2,1-3H3. The Morgan fingerprint density at radius 3 is 1.57 bits per heavy atom. The molecule has 0 aromatic heterocycles. The van der Waals surface area contributed by atoms with Gasteiger partial charge in [0.15, 0.2) is 0 Å². The zero-order valence-corrected chi connectivity index (χ0v) is 23.9. The average Bonchev–Trinajstić information content (AvgIpc) is 2.94. The number of unbranched alkanes of at least 4 members (excludes halogenated alkanes) is 2. The first kappa shape index (κ1) is 24.9. The Balaban J connectivity index is 1.61. The Hall–Kier alpha value is -2.42. The highest BCUT2D eigenvalue weighted by Gasteiger charge is 2.41. The highest BCUT2D eigenvalue weighted by Crippen LogP contribution is 2.59. The first-order valence-corrected chi connectivity index (χ1v) is 15.6. The topological polar surface area (TPSA) is 0 Å². The molecule has 0 saturated carbocycles. The predicted octanol–water partition coefficient (Wildman–Crippen LogP) is 10.3. The Morgan fingerprint density at radius 1 is 0.595 bits per heavy atom. The van der Waals surface area contributed by atoms with Crippen molar-refractivity contribution in [1.82, 2.24) is 0 Å². The van der Waals surface area contributed by atoms with Gasteiger partial charge in [0, 0.05) is 21.6 Å². The third-order valence-electron chi connectivity index (χ3n) is 8.42. The Morgan fingerprint density at radius 2 is 1.05 bits per heavy atom. The molecular weight excluding hydrogens is 485 g/mol. The van der Waals surface area contributed by atoms with Gasteiger partial charge in [0.25, 0.3) is 0 Å². The first-order chi connectivity index (χ1) is 18.1. The van der Waals surface area contributed by atoms with Crippen molar-refractivity contribution < 1.29 is 0 Å². The second kappa shape index (κ2) is 10.4. The molecule has 2 unspecified atom stereocenters. The quantitative estimate of drug-likeness (QED) is 0.187. The van der Waals surface area contributed by atoms with Crippen LogP contribution >= 0.6 is 24.4 Å². The number of rotatable bonds is 7. The molecule has 0 amide bonds. The molecule has 2 aliphatic rings. The Labute approximate surface area is 232 Å². The van der Waals surface area contributed by atoms with Crippen LogP contribution in [0.2, 0.25) is 0 Å². The van der Waals surface area contributed by atoms with Crippen LogP contribution in [0.4, 0.5) is 0 Å². The second-order valence-corrected chi connectivity index (χ2v) is 12.1. The molecule has 0 bridgehead atoms. The van der Waals surface area contributed by atoms with Crippen molar-refractivity contribution in [2.24, 2.45) is 0 Å². The number of fused-ring (bicyclic) bond motifs is 11. The van der Waals surface area contributed by atoms with Gasteiger partial charge in [-0.15, -0.1) is 24.4 Å². The predicted molar refractivity (Wildman–Crippen MR) is 164 cm³/mol. The zero-order valence-electron chi connectivity index (χ0n) is 22.2.